The number of carbonyl (C=O) groups is 1. The van der Waals surface area contributed by atoms with E-state index in [-0.39, 0.29) is 5.69 Å². The molecule has 2 N–H and O–H groups in total. The molecule has 6 heteroatoms. The van der Waals surface area contributed by atoms with Crippen LogP contribution < -0.4 is 0 Å². The quantitative estimate of drug-likeness (QED) is 0.892. The highest BCUT2D eigenvalue weighted by Gasteiger charge is 2.11. The van der Waals surface area contributed by atoms with Crippen LogP contribution in [-0.2, 0) is 0 Å². The molecule has 0 unspecified atom stereocenters. The number of aryl methyl sites for hydroxylation is 1. The fourth-order valence-corrected chi connectivity index (χ4v) is 2.65. The first-order valence-corrected chi connectivity index (χ1v) is 5.74. The zero-order chi connectivity index (χ0) is 11.0. The summed E-state index contributed by atoms with van der Waals surface area (Å²) < 4.78 is 1.02. The Bertz CT molecular complexity index is 498. The third-order valence-electron chi connectivity index (χ3n) is 1.92. The maximum absolute atomic E-state index is 10.6. The van der Waals surface area contributed by atoms with Crippen LogP contribution in [0.2, 0.25) is 0 Å². The first-order chi connectivity index (χ1) is 7.08. The summed E-state index contributed by atoms with van der Waals surface area (Å²) in [7, 11) is 0. The molecule has 0 radical (unpaired) electrons. The highest BCUT2D eigenvalue weighted by Crippen LogP contribution is 2.33. The Morgan fingerprint density at radius 1 is 1.60 bits per heavy atom. The summed E-state index contributed by atoms with van der Waals surface area (Å²) in [6, 6.07) is 3.47. The van der Waals surface area contributed by atoms with Gasteiger partial charge in [0.15, 0.2) is 5.69 Å². The van der Waals surface area contributed by atoms with Crippen molar-refractivity contribution in [2.24, 2.45) is 0 Å². The number of carboxylic acid groups (broad SMARTS) is 1. The number of aromatic amines is 1. The Kier molecular flexibility index (Phi) is 2.62. The largest absolute Gasteiger partial charge is 0.476 e. The van der Waals surface area contributed by atoms with E-state index in [1.165, 1.54) is 6.07 Å². The minimum Gasteiger partial charge on any atom is -0.476 e. The zero-order valence-electron chi connectivity index (χ0n) is 7.74. The highest BCUT2D eigenvalue weighted by atomic mass is 79.9. The van der Waals surface area contributed by atoms with Gasteiger partial charge in [-0.1, -0.05) is 0 Å². The molecule has 2 rings (SSSR count). The van der Waals surface area contributed by atoms with Crippen LogP contribution in [0.1, 0.15) is 15.4 Å². The fraction of sp³-hybridized carbons (Fsp3) is 0.111. The molecule has 0 aromatic carbocycles. The molecule has 2 aromatic rings. The average molecular weight is 287 g/mol. The average Bonchev–Trinajstić information content (AvgIpc) is 2.74. The van der Waals surface area contributed by atoms with Crippen molar-refractivity contribution in [2.75, 3.05) is 0 Å². The third-order valence-corrected chi connectivity index (χ3v) is 4.09. The molecule has 0 amide bonds. The minimum absolute atomic E-state index is 0.0344. The van der Waals surface area contributed by atoms with Crippen molar-refractivity contribution in [2.45, 2.75) is 6.92 Å². The molecule has 15 heavy (non-hydrogen) atoms. The van der Waals surface area contributed by atoms with Crippen LogP contribution in [0.3, 0.4) is 0 Å². The Morgan fingerprint density at radius 3 is 2.80 bits per heavy atom. The van der Waals surface area contributed by atoms with E-state index < -0.39 is 5.97 Å². The lowest BCUT2D eigenvalue weighted by Crippen LogP contribution is -1.95. The lowest BCUT2D eigenvalue weighted by atomic mass is 10.3. The first kappa shape index (κ1) is 10.4. The van der Waals surface area contributed by atoms with Gasteiger partial charge in [0.1, 0.15) is 0 Å². The van der Waals surface area contributed by atoms with Crippen LogP contribution in [0.4, 0.5) is 0 Å². The van der Waals surface area contributed by atoms with Gasteiger partial charge in [-0.2, -0.15) is 5.10 Å². The number of H-pyrrole nitrogens is 1. The Hall–Kier alpha value is -1.14. The highest BCUT2D eigenvalue weighted by molar-refractivity contribution is 9.10. The molecule has 2 aromatic heterocycles. The molecule has 2 heterocycles. The van der Waals surface area contributed by atoms with Gasteiger partial charge >= 0.3 is 5.97 Å². The van der Waals surface area contributed by atoms with Crippen molar-refractivity contribution >= 4 is 33.2 Å². The number of thiophene rings is 1. The van der Waals surface area contributed by atoms with Crippen LogP contribution in [0.15, 0.2) is 16.6 Å². The number of nitrogens with one attached hydrogen (secondary N) is 1. The van der Waals surface area contributed by atoms with E-state index in [4.69, 9.17) is 5.11 Å². The van der Waals surface area contributed by atoms with E-state index in [9.17, 15) is 4.79 Å². The maximum Gasteiger partial charge on any atom is 0.356 e. The molecule has 0 aliphatic carbocycles. The molecule has 0 atom stereocenters. The van der Waals surface area contributed by atoms with E-state index in [1.54, 1.807) is 11.3 Å². The molecule has 0 saturated heterocycles. The van der Waals surface area contributed by atoms with E-state index in [2.05, 4.69) is 26.1 Å². The van der Waals surface area contributed by atoms with Crippen LogP contribution in [0.5, 0.6) is 0 Å². The van der Waals surface area contributed by atoms with E-state index in [0.29, 0.717) is 0 Å². The Balaban J connectivity index is 2.41. The van der Waals surface area contributed by atoms with Gasteiger partial charge in [-0.15, -0.1) is 11.3 Å². The molecule has 0 spiro atoms. The smallest absolute Gasteiger partial charge is 0.356 e. The van der Waals surface area contributed by atoms with Crippen LogP contribution in [0.25, 0.3) is 10.6 Å². The summed E-state index contributed by atoms with van der Waals surface area (Å²) in [5, 5.41) is 15.1. The number of hydrogen-bond donors (Lipinski definition) is 2. The molecule has 0 fully saturated rings. The summed E-state index contributed by atoms with van der Waals surface area (Å²) in [6.45, 7) is 1.99. The topological polar surface area (TPSA) is 66.0 Å². The number of halogens is 1. The second kappa shape index (κ2) is 3.79. The fourth-order valence-electron chi connectivity index (χ4n) is 1.15. The predicted octanol–water partition coefficient (Wildman–Crippen LogP) is 2.91. The monoisotopic (exact) mass is 286 g/mol. The molecule has 0 bridgehead atoms. The van der Waals surface area contributed by atoms with Gasteiger partial charge in [-0.25, -0.2) is 4.79 Å². The van der Waals surface area contributed by atoms with Crippen molar-refractivity contribution in [3.63, 3.8) is 0 Å². The number of nitrogens with zero attached hydrogens (tertiary/aromatic N) is 1. The van der Waals surface area contributed by atoms with Gasteiger partial charge in [-0.05, 0) is 35.0 Å². The standard InChI is InChI=1S/C9H7BrN2O2S/c1-4-5(10)2-8(15-4)6-3-7(9(13)14)12-11-6/h2-3H,1H3,(H,11,12)(H,13,14). The molecule has 0 aliphatic rings. The number of rotatable bonds is 2. The van der Waals surface area contributed by atoms with Crippen LogP contribution >= 0.6 is 27.3 Å². The van der Waals surface area contributed by atoms with E-state index >= 15 is 0 Å². The summed E-state index contributed by atoms with van der Waals surface area (Å²) >= 11 is 4.99. The van der Waals surface area contributed by atoms with Crippen molar-refractivity contribution in [3.05, 3.63) is 27.2 Å². The molecule has 0 saturated carbocycles. The van der Waals surface area contributed by atoms with Crippen molar-refractivity contribution in [3.8, 4) is 10.6 Å². The van der Waals surface area contributed by atoms with E-state index in [0.717, 1.165) is 19.9 Å². The molecule has 4 nitrogen and oxygen atoms in total. The van der Waals surface area contributed by atoms with Crippen molar-refractivity contribution in [1.29, 1.82) is 0 Å². The van der Waals surface area contributed by atoms with Gasteiger partial charge in [0.05, 0.1) is 10.6 Å². The molecular formula is C9H7BrN2O2S. The first-order valence-electron chi connectivity index (χ1n) is 4.13. The summed E-state index contributed by atoms with van der Waals surface area (Å²) in [5.41, 5.74) is 0.762. The summed E-state index contributed by atoms with van der Waals surface area (Å²) in [6.07, 6.45) is 0. The van der Waals surface area contributed by atoms with Gasteiger partial charge in [0, 0.05) is 9.35 Å². The van der Waals surface area contributed by atoms with Crippen LogP contribution in [0, 0.1) is 6.92 Å². The number of hydrogen-bond acceptors (Lipinski definition) is 3. The number of aromatic carboxylic acids is 1. The number of aromatic nitrogens is 2. The minimum atomic E-state index is -1.02. The summed E-state index contributed by atoms with van der Waals surface area (Å²) in [5.74, 6) is -1.02. The van der Waals surface area contributed by atoms with Crippen molar-refractivity contribution < 1.29 is 9.90 Å². The second-order valence-electron chi connectivity index (χ2n) is 2.99. The van der Waals surface area contributed by atoms with Crippen molar-refractivity contribution in [1.82, 2.24) is 10.2 Å². The van der Waals surface area contributed by atoms with Gasteiger partial charge in [0.2, 0.25) is 0 Å². The van der Waals surface area contributed by atoms with Gasteiger partial charge in [0.25, 0.3) is 0 Å². The van der Waals surface area contributed by atoms with Gasteiger partial charge < -0.3 is 5.11 Å². The van der Waals surface area contributed by atoms with Gasteiger partial charge in [-0.3, -0.25) is 5.10 Å². The lowest BCUT2D eigenvalue weighted by molar-refractivity contribution is 0.0690. The molecule has 78 valence electrons. The second-order valence-corrected chi connectivity index (χ2v) is 5.10. The number of carboxylic acids is 1. The lowest BCUT2D eigenvalue weighted by Gasteiger charge is -1.86. The Morgan fingerprint density at radius 2 is 2.33 bits per heavy atom. The zero-order valence-corrected chi connectivity index (χ0v) is 10.1. The Labute approximate surface area is 98.1 Å². The normalized spacial score (nSPS) is 10.5. The summed E-state index contributed by atoms with van der Waals surface area (Å²) in [4.78, 5) is 12.8. The molecular weight excluding hydrogens is 280 g/mol. The maximum atomic E-state index is 10.6. The SMILES string of the molecule is Cc1sc(-c2cc(C(=O)O)n[nH]2)cc1Br. The van der Waals surface area contributed by atoms with Crippen LogP contribution in [-0.4, -0.2) is 21.3 Å². The molecule has 0 aliphatic heterocycles. The third kappa shape index (κ3) is 1.95. The van der Waals surface area contributed by atoms with E-state index in [1.807, 2.05) is 13.0 Å². The predicted molar refractivity (Wildman–Crippen MR) is 61.3 cm³/mol.